The van der Waals surface area contributed by atoms with E-state index < -0.39 is 0 Å². The second-order valence-electron chi connectivity index (χ2n) is 7.86. The molecule has 150 valence electrons. The minimum Gasteiger partial charge on any atom is -0.357 e. The molecule has 0 aromatic heterocycles. The van der Waals surface area contributed by atoms with Crippen molar-refractivity contribution in [2.24, 2.45) is 10.9 Å². The van der Waals surface area contributed by atoms with Crippen molar-refractivity contribution in [1.82, 2.24) is 16.0 Å². The van der Waals surface area contributed by atoms with Gasteiger partial charge >= 0.3 is 0 Å². The topological polar surface area (TPSA) is 65.5 Å². The maximum absolute atomic E-state index is 12.3. The maximum atomic E-state index is 12.3. The smallest absolute Gasteiger partial charge is 0.223 e. The summed E-state index contributed by atoms with van der Waals surface area (Å²) in [5.41, 5.74) is 2.59. The van der Waals surface area contributed by atoms with Gasteiger partial charge in [-0.25, -0.2) is 0 Å². The monoisotopic (exact) mass is 372 g/mol. The highest BCUT2D eigenvalue weighted by Gasteiger charge is 2.27. The van der Waals surface area contributed by atoms with Crippen LogP contribution >= 0.6 is 0 Å². The van der Waals surface area contributed by atoms with E-state index in [9.17, 15) is 4.79 Å². The van der Waals surface area contributed by atoms with E-state index in [2.05, 4.69) is 54.1 Å². The number of benzene rings is 1. The molecule has 0 bridgehead atoms. The van der Waals surface area contributed by atoms with Crippen LogP contribution in [0.25, 0.3) is 0 Å². The Hall–Kier alpha value is -2.04. The van der Waals surface area contributed by atoms with Gasteiger partial charge in [-0.1, -0.05) is 36.2 Å². The molecule has 3 N–H and O–H groups in total. The molecule has 1 saturated carbocycles. The van der Waals surface area contributed by atoms with Gasteiger partial charge in [0.05, 0.1) is 0 Å². The molecule has 27 heavy (non-hydrogen) atoms. The summed E-state index contributed by atoms with van der Waals surface area (Å²) in [5, 5.41) is 9.94. The molecule has 1 aromatic carbocycles. The molecule has 1 aromatic rings. The van der Waals surface area contributed by atoms with Crippen molar-refractivity contribution < 1.29 is 4.79 Å². The normalized spacial score (nSPS) is 20.4. The Labute approximate surface area is 164 Å². The number of carbonyl (C=O) groups excluding carboxylic acids is 1. The molecule has 1 aliphatic carbocycles. The van der Waals surface area contributed by atoms with E-state index in [0.717, 1.165) is 51.2 Å². The van der Waals surface area contributed by atoms with E-state index in [1.54, 1.807) is 0 Å². The van der Waals surface area contributed by atoms with E-state index in [-0.39, 0.29) is 17.9 Å². The van der Waals surface area contributed by atoms with E-state index in [0.29, 0.717) is 6.04 Å². The highest BCUT2D eigenvalue weighted by Crippen LogP contribution is 2.24. The average Bonchev–Trinajstić information content (AvgIpc) is 2.63. The first-order chi connectivity index (χ1) is 13.0. The molecule has 0 spiro atoms. The fourth-order valence-corrected chi connectivity index (χ4v) is 3.53. The van der Waals surface area contributed by atoms with Crippen LogP contribution in [0, 0.1) is 12.8 Å². The van der Waals surface area contributed by atoms with Crippen molar-refractivity contribution >= 4 is 11.9 Å². The van der Waals surface area contributed by atoms with Crippen molar-refractivity contribution in [3.8, 4) is 0 Å². The minimum absolute atomic E-state index is 0.106. The van der Waals surface area contributed by atoms with Crippen LogP contribution in [0.3, 0.4) is 0 Å². The third-order valence-electron chi connectivity index (χ3n) is 4.95. The van der Waals surface area contributed by atoms with Crippen LogP contribution in [0.2, 0.25) is 0 Å². The van der Waals surface area contributed by atoms with Crippen molar-refractivity contribution in [3.05, 3.63) is 35.4 Å². The Kier molecular flexibility index (Phi) is 8.62. The molecular weight excluding hydrogens is 336 g/mol. The number of aliphatic imine (C=N–C) groups is 1. The largest absolute Gasteiger partial charge is 0.357 e. The molecular formula is C22H36N4O. The first-order valence-corrected chi connectivity index (χ1v) is 10.4. The number of nitrogens with zero attached hydrogens (tertiary/aromatic N) is 1. The first kappa shape index (κ1) is 21.3. The van der Waals surface area contributed by atoms with Gasteiger partial charge in [0, 0.05) is 31.1 Å². The summed E-state index contributed by atoms with van der Waals surface area (Å²) < 4.78 is 0. The lowest BCUT2D eigenvalue weighted by molar-refractivity contribution is -0.126. The zero-order chi connectivity index (χ0) is 19.6. The average molecular weight is 373 g/mol. The Balaban J connectivity index is 1.87. The van der Waals surface area contributed by atoms with Crippen molar-refractivity contribution in [2.45, 2.75) is 71.9 Å². The fourth-order valence-electron chi connectivity index (χ4n) is 3.53. The number of aryl methyl sites for hydroxylation is 1. The van der Waals surface area contributed by atoms with Gasteiger partial charge in [0.1, 0.15) is 0 Å². The Morgan fingerprint density at radius 2 is 1.96 bits per heavy atom. The van der Waals surface area contributed by atoms with E-state index in [1.165, 1.54) is 11.1 Å². The molecule has 0 aliphatic heterocycles. The highest BCUT2D eigenvalue weighted by atomic mass is 16.1. The summed E-state index contributed by atoms with van der Waals surface area (Å²) in [6, 6.07) is 9.14. The zero-order valence-electron chi connectivity index (χ0n) is 17.3. The maximum Gasteiger partial charge on any atom is 0.223 e. The second-order valence-corrected chi connectivity index (χ2v) is 7.86. The molecule has 0 heterocycles. The third kappa shape index (κ3) is 7.61. The van der Waals surface area contributed by atoms with Gasteiger partial charge in [-0.2, -0.15) is 0 Å². The van der Waals surface area contributed by atoms with Crippen molar-refractivity contribution in [2.75, 3.05) is 13.1 Å². The lowest BCUT2D eigenvalue weighted by Crippen LogP contribution is -2.47. The number of hydrogen-bond donors (Lipinski definition) is 3. The number of nitrogens with one attached hydrogen (secondary N) is 3. The molecule has 0 saturated heterocycles. The summed E-state index contributed by atoms with van der Waals surface area (Å²) in [4.78, 5) is 17.1. The van der Waals surface area contributed by atoms with Crippen LogP contribution in [0.1, 0.15) is 57.6 Å². The summed E-state index contributed by atoms with van der Waals surface area (Å²) in [6.45, 7) is 9.80. The summed E-state index contributed by atoms with van der Waals surface area (Å²) in [5.74, 6) is 1.16. The number of hydrogen-bond acceptors (Lipinski definition) is 2. The Morgan fingerprint density at radius 3 is 2.63 bits per heavy atom. The standard InChI is InChI=1S/C22H36N4O/c1-5-23-22(24-14-13-18-11-9-17(4)10-12-18)26-20-8-6-7-19(15-20)21(27)25-16(2)3/h9-12,16,19-20H,5-8,13-15H2,1-4H3,(H,25,27)(H2,23,24,26). The Morgan fingerprint density at radius 1 is 1.22 bits per heavy atom. The molecule has 5 heteroatoms. The van der Waals surface area contributed by atoms with E-state index in [4.69, 9.17) is 4.99 Å². The molecule has 2 unspecified atom stereocenters. The SMILES string of the molecule is CCNC(=NCCc1ccc(C)cc1)NC1CCCC(C(=O)NC(C)C)C1. The second kappa shape index (κ2) is 11.0. The summed E-state index contributed by atoms with van der Waals surface area (Å²) in [7, 11) is 0. The molecule has 0 radical (unpaired) electrons. The molecule has 2 rings (SSSR count). The van der Waals surface area contributed by atoms with E-state index in [1.807, 2.05) is 13.8 Å². The van der Waals surface area contributed by atoms with Gasteiger partial charge in [-0.3, -0.25) is 9.79 Å². The predicted molar refractivity (Wildman–Crippen MR) is 113 cm³/mol. The number of guanidine groups is 1. The molecule has 1 amide bonds. The predicted octanol–water partition coefficient (Wildman–Crippen LogP) is 3.18. The molecule has 5 nitrogen and oxygen atoms in total. The zero-order valence-corrected chi connectivity index (χ0v) is 17.3. The van der Waals surface area contributed by atoms with E-state index >= 15 is 0 Å². The van der Waals surface area contributed by atoms with Crippen LogP contribution < -0.4 is 16.0 Å². The van der Waals surface area contributed by atoms with Crippen LogP contribution in [0.5, 0.6) is 0 Å². The van der Waals surface area contributed by atoms with Crippen LogP contribution in [-0.4, -0.2) is 37.0 Å². The van der Waals surface area contributed by atoms with Crippen LogP contribution in [0.15, 0.2) is 29.3 Å². The minimum atomic E-state index is 0.106. The van der Waals surface area contributed by atoms with Crippen LogP contribution in [0.4, 0.5) is 0 Å². The number of carbonyl (C=O) groups is 1. The molecule has 1 fully saturated rings. The van der Waals surface area contributed by atoms with Gasteiger partial charge in [0.25, 0.3) is 0 Å². The molecule has 1 aliphatic rings. The van der Waals surface area contributed by atoms with Crippen molar-refractivity contribution in [3.63, 3.8) is 0 Å². The fraction of sp³-hybridized carbons (Fsp3) is 0.636. The van der Waals surface area contributed by atoms with Gasteiger partial charge in [-0.05, 0) is 58.9 Å². The lowest BCUT2D eigenvalue weighted by atomic mass is 9.85. The Bertz CT molecular complexity index is 609. The van der Waals surface area contributed by atoms with Gasteiger partial charge in [0.2, 0.25) is 5.91 Å². The first-order valence-electron chi connectivity index (χ1n) is 10.4. The summed E-state index contributed by atoms with van der Waals surface area (Å²) >= 11 is 0. The quantitative estimate of drug-likeness (QED) is 0.509. The summed E-state index contributed by atoms with van der Waals surface area (Å²) in [6.07, 6.45) is 4.96. The van der Waals surface area contributed by atoms with Gasteiger partial charge < -0.3 is 16.0 Å². The van der Waals surface area contributed by atoms with Gasteiger partial charge in [-0.15, -0.1) is 0 Å². The third-order valence-corrected chi connectivity index (χ3v) is 4.95. The van der Waals surface area contributed by atoms with Crippen molar-refractivity contribution in [1.29, 1.82) is 0 Å². The molecule has 2 atom stereocenters. The van der Waals surface area contributed by atoms with Crippen LogP contribution in [-0.2, 0) is 11.2 Å². The number of rotatable bonds is 7. The lowest BCUT2D eigenvalue weighted by Gasteiger charge is -2.30. The van der Waals surface area contributed by atoms with Gasteiger partial charge in [0.15, 0.2) is 5.96 Å². The highest BCUT2D eigenvalue weighted by molar-refractivity contribution is 5.81. The number of amides is 1.